The van der Waals surface area contributed by atoms with Crippen molar-refractivity contribution in [1.29, 1.82) is 0 Å². The molecule has 31 heavy (non-hydrogen) atoms. The van der Waals surface area contributed by atoms with E-state index >= 15 is 0 Å². The summed E-state index contributed by atoms with van der Waals surface area (Å²) in [5, 5.41) is 0. The summed E-state index contributed by atoms with van der Waals surface area (Å²) in [6.07, 6.45) is 7.12. The molecule has 2 aromatic heterocycles. The van der Waals surface area contributed by atoms with Gasteiger partial charge in [0.25, 0.3) is 11.5 Å². The second-order valence-electron chi connectivity index (χ2n) is 8.06. The Hall–Kier alpha value is -3.55. The van der Waals surface area contributed by atoms with E-state index in [1.54, 1.807) is 28.1 Å². The van der Waals surface area contributed by atoms with Crippen LogP contribution in [0.15, 0.2) is 47.7 Å². The number of nitrogens with one attached hydrogen (secondary N) is 1. The van der Waals surface area contributed by atoms with E-state index in [-0.39, 0.29) is 29.7 Å². The predicted octanol–water partition coefficient (Wildman–Crippen LogP) is 2.68. The van der Waals surface area contributed by atoms with Crippen LogP contribution in [0, 0.1) is 6.92 Å². The minimum Gasteiger partial charge on any atom is -0.454 e. The molecule has 0 spiro atoms. The molecule has 8 heteroatoms. The van der Waals surface area contributed by atoms with Crippen molar-refractivity contribution in [3.8, 4) is 11.5 Å². The number of imidazole rings is 1. The van der Waals surface area contributed by atoms with Crippen LogP contribution in [0.1, 0.15) is 46.1 Å². The quantitative estimate of drug-likeness (QED) is 0.701. The third-order valence-corrected chi connectivity index (χ3v) is 5.99. The fraction of sp³-hybridized carbons (Fsp3) is 0.348. The molecule has 4 heterocycles. The van der Waals surface area contributed by atoms with Gasteiger partial charge in [-0.25, -0.2) is 4.98 Å². The van der Waals surface area contributed by atoms with E-state index in [9.17, 15) is 9.59 Å². The number of aromatic nitrogens is 3. The van der Waals surface area contributed by atoms with Gasteiger partial charge in [0.2, 0.25) is 6.79 Å². The average Bonchev–Trinajstić information content (AvgIpc) is 3.47. The van der Waals surface area contributed by atoms with Crippen molar-refractivity contribution >= 4 is 5.91 Å². The fourth-order valence-electron chi connectivity index (χ4n) is 4.33. The number of hydrogen-bond donors (Lipinski definition) is 1. The Morgan fingerprint density at radius 1 is 1.26 bits per heavy atom. The maximum Gasteiger partial charge on any atom is 0.263 e. The maximum atomic E-state index is 13.4. The maximum absolute atomic E-state index is 13.4. The van der Waals surface area contributed by atoms with Crippen LogP contribution in [-0.2, 0) is 6.54 Å². The molecule has 0 radical (unpaired) electrons. The molecule has 5 rings (SSSR count). The van der Waals surface area contributed by atoms with Crippen LogP contribution in [0.3, 0.4) is 0 Å². The van der Waals surface area contributed by atoms with Crippen LogP contribution in [0.2, 0.25) is 0 Å². The van der Waals surface area contributed by atoms with Gasteiger partial charge in [-0.3, -0.25) is 9.59 Å². The molecule has 1 atom stereocenters. The third-order valence-electron chi connectivity index (χ3n) is 5.99. The van der Waals surface area contributed by atoms with Gasteiger partial charge < -0.3 is 23.9 Å². The van der Waals surface area contributed by atoms with Crippen molar-refractivity contribution in [2.24, 2.45) is 0 Å². The van der Waals surface area contributed by atoms with Gasteiger partial charge in [-0.05, 0) is 49.1 Å². The monoisotopic (exact) mass is 420 g/mol. The summed E-state index contributed by atoms with van der Waals surface area (Å²) in [6, 6.07) is 7.44. The molecule has 8 nitrogen and oxygen atoms in total. The minimum absolute atomic E-state index is 0.160. The topological polar surface area (TPSA) is 89.4 Å². The Labute approximate surface area is 179 Å². The van der Waals surface area contributed by atoms with Gasteiger partial charge in [-0.15, -0.1) is 0 Å². The van der Waals surface area contributed by atoms with Gasteiger partial charge in [0, 0.05) is 37.6 Å². The van der Waals surface area contributed by atoms with E-state index < -0.39 is 0 Å². The van der Waals surface area contributed by atoms with Crippen molar-refractivity contribution < 1.29 is 14.3 Å². The molecule has 1 amide bonds. The first-order valence-corrected chi connectivity index (χ1v) is 10.5. The second kappa shape index (κ2) is 7.94. The smallest absolute Gasteiger partial charge is 0.263 e. The van der Waals surface area contributed by atoms with Crippen molar-refractivity contribution in [3.05, 3.63) is 75.7 Å². The van der Waals surface area contributed by atoms with E-state index in [0.29, 0.717) is 36.7 Å². The number of hydrogen-bond acceptors (Lipinski definition) is 5. The van der Waals surface area contributed by atoms with Crippen LogP contribution in [0.25, 0.3) is 0 Å². The number of aryl methyl sites for hydroxylation is 1. The number of amides is 1. The molecule has 1 unspecified atom stereocenters. The summed E-state index contributed by atoms with van der Waals surface area (Å²) in [5.74, 6) is 2.21. The van der Waals surface area contributed by atoms with Gasteiger partial charge in [-0.1, -0.05) is 6.07 Å². The van der Waals surface area contributed by atoms with Crippen LogP contribution in [-0.4, -0.2) is 45.2 Å². The molecule has 3 aromatic rings. The van der Waals surface area contributed by atoms with Gasteiger partial charge >= 0.3 is 0 Å². The molecule has 1 saturated heterocycles. The lowest BCUT2D eigenvalue weighted by molar-refractivity contribution is 0.0701. The molecular formula is C23H24N4O4. The summed E-state index contributed by atoms with van der Waals surface area (Å²) in [7, 11) is 0. The number of ether oxygens (including phenoxy) is 2. The number of fused-ring (bicyclic) bond motifs is 1. The number of pyridine rings is 1. The molecule has 2 aliphatic heterocycles. The molecule has 0 aliphatic carbocycles. The fourth-order valence-corrected chi connectivity index (χ4v) is 4.33. The lowest BCUT2D eigenvalue weighted by Crippen LogP contribution is -2.42. The zero-order valence-electron chi connectivity index (χ0n) is 17.3. The number of H-pyrrole nitrogens is 1. The largest absolute Gasteiger partial charge is 0.454 e. The zero-order valence-corrected chi connectivity index (χ0v) is 17.3. The van der Waals surface area contributed by atoms with Crippen molar-refractivity contribution in [2.45, 2.75) is 32.2 Å². The Morgan fingerprint density at radius 3 is 2.97 bits per heavy atom. The molecule has 0 saturated carbocycles. The molecule has 2 aliphatic rings. The highest BCUT2D eigenvalue weighted by molar-refractivity contribution is 5.95. The van der Waals surface area contributed by atoms with Gasteiger partial charge in [-0.2, -0.15) is 0 Å². The first-order valence-electron chi connectivity index (χ1n) is 10.5. The highest BCUT2D eigenvalue weighted by Gasteiger charge is 2.29. The van der Waals surface area contributed by atoms with Gasteiger partial charge in [0.05, 0.1) is 6.54 Å². The Bertz CT molecular complexity index is 1170. The first kappa shape index (κ1) is 19.4. The van der Waals surface area contributed by atoms with Gasteiger partial charge in [0.15, 0.2) is 11.5 Å². The summed E-state index contributed by atoms with van der Waals surface area (Å²) < 4.78 is 12.4. The summed E-state index contributed by atoms with van der Waals surface area (Å²) in [5.41, 5.74) is 1.56. The Morgan fingerprint density at radius 2 is 2.13 bits per heavy atom. The molecule has 1 fully saturated rings. The van der Waals surface area contributed by atoms with Crippen molar-refractivity contribution in [1.82, 2.24) is 19.4 Å². The number of piperidine rings is 1. The predicted molar refractivity (Wildman–Crippen MR) is 114 cm³/mol. The lowest BCUT2D eigenvalue weighted by atomic mass is 9.96. The van der Waals surface area contributed by atoms with Crippen molar-refractivity contribution in [2.75, 3.05) is 19.9 Å². The number of rotatable bonds is 4. The molecule has 1 N–H and O–H groups in total. The van der Waals surface area contributed by atoms with Crippen LogP contribution in [0.4, 0.5) is 0 Å². The van der Waals surface area contributed by atoms with E-state index in [4.69, 9.17) is 9.47 Å². The summed E-state index contributed by atoms with van der Waals surface area (Å²) in [4.78, 5) is 35.9. The van der Waals surface area contributed by atoms with Crippen LogP contribution < -0.4 is 15.0 Å². The number of benzene rings is 1. The van der Waals surface area contributed by atoms with Crippen LogP contribution in [0.5, 0.6) is 11.5 Å². The van der Waals surface area contributed by atoms with Crippen molar-refractivity contribution in [3.63, 3.8) is 0 Å². The Balaban J connectivity index is 1.40. The zero-order chi connectivity index (χ0) is 21.4. The summed E-state index contributed by atoms with van der Waals surface area (Å²) in [6.45, 7) is 3.57. The van der Waals surface area contributed by atoms with Gasteiger partial charge in [0.1, 0.15) is 11.4 Å². The molecule has 0 bridgehead atoms. The molecule has 1 aromatic carbocycles. The Kier molecular flexibility index (Phi) is 4.97. The number of aromatic amines is 1. The number of carbonyl (C=O) groups is 1. The highest BCUT2D eigenvalue weighted by Crippen LogP contribution is 2.32. The van der Waals surface area contributed by atoms with E-state index in [1.165, 1.54) is 0 Å². The molecular weight excluding hydrogens is 396 g/mol. The van der Waals surface area contributed by atoms with E-state index in [0.717, 1.165) is 24.2 Å². The lowest BCUT2D eigenvalue weighted by Gasteiger charge is -2.32. The molecule has 160 valence electrons. The van der Waals surface area contributed by atoms with Crippen LogP contribution >= 0.6 is 0 Å². The number of likely N-dealkylation sites (tertiary alicyclic amines) is 1. The number of carbonyl (C=O) groups excluding carboxylic acids is 1. The number of nitrogens with zero attached hydrogens (tertiary/aromatic N) is 3. The first-order chi connectivity index (χ1) is 15.1. The average molecular weight is 420 g/mol. The summed E-state index contributed by atoms with van der Waals surface area (Å²) >= 11 is 0. The normalized spacial score (nSPS) is 17.7. The van der Waals surface area contributed by atoms with E-state index in [1.807, 2.05) is 31.2 Å². The minimum atomic E-state index is -0.275. The highest BCUT2D eigenvalue weighted by atomic mass is 16.7. The second-order valence-corrected chi connectivity index (χ2v) is 8.06. The SMILES string of the molecule is Cc1ccn(Cc2ccc3c(c2)OCO3)c(=O)c1C(=O)N1CCCC(c2ncc[nH]2)C1. The standard InChI is InChI=1S/C23H24N4O4/c1-15-6-10-27(12-16-4-5-18-19(11-16)31-14-30-18)23(29)20(15)22(28)26-9-2-3-17(13-26)21-24-7-8-25-21/h4-8,10-11,17H,2-3,9,12-14H2,1H3,(H,24,25). The third kappa shape index (κ3) is 3.69. The van der Waals surface area contributed by atoms with E-state index in [2.05, 4.69) is 9.97 Å².